The van der Waals surface area contributed by atoms with Crippen molar-refractivity contribution in [2.75, 3.05) is 40.0 Å². The van der Waals surface area contributed by atoms with Gasteiger partial charge in [0.2, 0.25) is 5.91 Å². The van der Waals surface area contributed by atoms with Crippen molar-refractivity contribution in [2.24, 2.45) is 46.3 Å². The first kappa shape index (κ1) is 36.5. The minimum Gasteiger partial charge on any atom is -0.396 e. The predicted octanol–water partition coefficient (Wildman–Crippen LogP) is 1.30. The number of hydrogen-bond acceptors (Lipinski definition) is 11. The maximum Gasteiger partial charge on any atom is 0.239 e. The Morgan fingerprint density at radius 1 is 1.12 bits per heavy atom. The van der Waals surface area contributed by atoms with Crippen LogP contribution in [0, 0.1) is 46.3 Å². The Bertz CT molecular complexity index is 1430. The Morgan fingerprint density at radius 3 is 2.59 bits per heavy atom. The molecule has 0 aromatic carbocycles. The normalized spacial score (nSPS) is 48.8. The summed E-state index contributed by atoms with van der Waals surface area (Å²) in [5.74, 6) is -1.69. The second-order valence-corrected chi connectivity index (χ2v) is 18.2. The van der Waals surface area contributed by atoms with Gasteiger partial charge in [0.15, 0.2) is 5.78 Å². The summed E-state index contributed by atoms with van der Waals surface area (Å²) in [7, 11) is 1.69. The minimum absolute atomic E-state index is 0.0374. The van der Waals surface area contributed by atoms with Crippen molar-refractivity contribution in [2.45, 2.75) is 133 Å². The number of nitrogens with one attached hydrogen (secondary N) is 1. The Morgan fingerprint density at radius 2 is 1.88 bits per heavy atom. The van der Waals surface area contributed by atoms with Crippen LogP contribution >= 0.6 is 0 Å². The van der Waals surface area contributed by atoms with E-state index in [-0.39, 0.29) is 47.6 Å². The molecule has 5 aliphatic carbocycles. The lowest BCUT2D eigenvalue weighted by molar-refractivity contribution is -0.205. The fourth-order valence-corrected chi connectivity index (χ4v) is 13.0. The van der Waals surface area contributed by atoms with Crippen LogP contribution in [-0.2, 0) is 23.8 Å². The van der Waals surface area contributed by atoms with Crippen LogP contribution in [0.2, 0.25) is 0 Å². The molecule has 3 heterocycles. The first-order valence-corrected chi connectivity index (χ1v) is 19.7. The average molecular weight is 717 g/mol. The van der Waals surface area contributed by atoms with Crippen molar-refractivity contribution < 1.29 is 49.3 Å². The molecule has 3 saturated carbocycles. The SMILES string of the molecule is COCCCOC1CCC2(C)C(C1)C(=O)C1=C3C2CCC2(C)C(C(C)(O)C(O)C4OC5C(O)NC(C(=O)N6CC6)CC5C4CO)CC(CC1)C32O. The van der Waals surface area contributed by atoms with E-state index in [1.807, 2.05) is 6.92 Å². The number of fused-ring (bicyclic) bond motifs is 3. The number of piperidine rings is 1. The molecule has 0 radical (unpaired) electrons. The number of methoxy groups -OCH3 is 1. The lowest BCUT2D eigenvalue weighted by Crippen LogP contribution is -2.65. The van der Waals surface area contributed by atoms with E-state index in [1.54, 1.807) is 18.9 Å². The van der Waals surface area contributed by atoms with Gasteiger partial charge in [0, 0.05) is 57.3 Å². The van der Waals surface area contributed by atoms with Crippen molar-refractivity contribution in [3.63, 3.8) is 0 Å². The summed E-state index contributed by atoms with van der Waals surface area (Å²) in [5.41, 5.74) is -2.41. The summed E-state index contributed by atoms with van der Waals surface area (Å²) in [6, 6.07) is -0.607. The number of hydrogen-bond donors (Lipinski definition) is 6. The Hall–Kier alpha value is -1.48. The molecule has 12 heteroatoms. The van der Waals surface area contributed by atoms with Gasteiger partial charge in [0.05, 0.1) is 29.5 Å². The molecule has 16 unspecified atom stereocenters. The van der Waals surface area contributed by atoms with E-state index in [0.717, 1.165) is 36.8 Å². The van der Waals surface area contributed by atoms with Gasteiger partial charge in [-0.2, -0.15) is 0 Å². The van der Waals surface area contributed by atoms with Crippen molar-refractivity contribution in [3.8, 4) is 0 Å². The molecular weight excluding hydrogens is 656 g/mol. The van der Waals surface area contributed by atoms with Gasteiger partial charge in [-0.3, -0.25) is 14.9 Å². The number of ketones is 1. The van der Waals surface area contributed by atoms with Gasteiger partial charge in [-0.1, -0.05) is 13.8 Å². The van der Waals surface area contributed by atoms with Gasteiger partial charge in [-0.25, -0.2) is 0 Å². The summed E-state index contributed by atoms with van der Waals surface area (Å²) in [5, 5.41) is 62.6. The number of aliphatic hydroxyl groups excluding tert-OH is 3. The molecule has 286 valence electrons. The Kier molecular flexibility index (Phi) is 9.16. The zero-order chi connectivity index (χ0) is 36.2. The quantitative estimate of drug-likeness (QED) is 0.142. The van der Waals surface area contributed by atoms with Gasteiger partial charge in [0.1, 0.15) is 18.4 Å². The van der Waals surface area contributed by atoms with Crippen LogP contribution in [0.1, 0.15) is 85.0 Å². The third-order valence-corrected chi connectivity index (χ3v) is 15.9. The second kappa shape index (κ2) is 12.8. The predicted molar refractivity (Wildman–Crippen MR) is 184 cm³/mol. The number of ether oxygens (including phenoxy) is 3. The third-order valence-electron chi connectivity index (χ3n) is 15.9. The van der Waals surface area contributed by atoms with E-state index in [0.29, 0.717) is 64.8 Å². The molecule has 0 bridgehead atoms. The topological polar surface area (TPSA) is 178 Å². The first-order chi connectivity index (χ1) is 24.2. The molecule has 8 aliphatic rings. The van der Waals surface area contributed by atoms with Crippen LogP contribution in [0.5, 0.6) is 0 Å². The van der Waals surface area contributed by atoms with E-state index in [4.69, 9.17) is 14.2 Å². The van der Waals surface area contributed by atoms with Crippen LogP contribution in [0.4, 0.5) is 0 Å². The van der Waals surface area contributed by atoms with Crippen LogP contribution in [0.25, 0.3) is 0 Å². The van der Waals surface area contributed by atoms with Crippen LogP contribution in [0.15, 0.2) is 11.1 Å². The molecule has 3 saturated heterocycles. The highest BCUT2D eigenvalue weighted by Gasteiger charge is 2.74. The average Bonchev–Trinajstić information content (AvgIpc) is 3.84. The Labute approximate surface area is 301 Å². The number of aliphatic hydroxyl groups is 5. The van der Waals surface area contributed by atoms with Gasteiger partial charge < -0.3 is 44.6 Å². The molecule has 0 spiro atoms. The third kappa shape index (κ3) is 5.24. The van der Waals surface area contributed by atoms with E-state index < -0.39 is 65.0 Å². The largest absolute Gasteiger partial charge is 0.396 e. The van der Waals surface area contributed by atoms with Crippen LogP contribution in [-0.4, -0.2) is 130 Å². The fraction of sp³-hybridized carbons (Fsp3) is 0.897. The molecule has 12 nitrogen and oxygen atoms in total. The van der Waals surface area contributed by atoms with Crippen LogP contribution < -0.4 is 5.32 Å². The molecule has 1 amide bonds. The molecule has 16 atom stereocenters. The van der Waals surface area contributed by atoms with E-state index in [9.17, 15) is 35.1 Å². The number of rotatable bonds is 10. The van der Waals surface area contributed by atoms with Gasteiger partial charge in [-0.15, -0.1) is 0 Å². The molecule has 0 aromatic rings. The second-order valence-electron chi connectivity index (χ2n) is 18.2. The molecular formula is C39H60N2O10. The number of nitrogens with zero attached hydrogens (tertiary/aromatic N) is 1. The zero-order valence-corrected chi connectivity index (χ0v) is 30.8. The molecule has 51 heavy (non-hydrogen) atoms. The fourth-order valence-electron chi connectivity index (χ4n) is 13.0. The first-order valence-electron chi connectivity index (χ1n) is 19.7. The summed E-state index contributed by atoms with van der Waals surface area (Å²) in [4.78, 5) is 29.1. The maximum absolute atomic E-state index is 14.5. The highest BCUT2D eigenvalue weighted by Crippen LogP contribution is 2.73. The number of allylic oxidation sites excluding steroid dienone is 1. The molecule has 3 aliphatic heterocycles. The molecule has 0 aromatic heterocycles. The molecule has 8 rings (SSSR count). The van der Waals surface area contributed by atoms with E-state index in [2.05, 4.69) is 12.2 Å². The number of amides is 1. The van der Waals surface area contributed by atoms with Gasteiger partial charge in [0.25, 0.3) is 0 Å². The highest BCUT2D eigenvalue weighted by molar-refractivity contribution is 6.00. The standard InChI is InChI=1S/C39H60N2O10/c1-36-10-8-21(50-15-5-14-49-4)17-26(36)30(43)22-7-6-20-16-28(37(2)11-9-25(36)29(22)39(20,37)48)38(3,47)33(44)31-24(19-42)23-18-27(35(46)41-12-13-41)40-34(45)32(23)51-31/h20-21,23-28,31-34,40,42,44-45,47-48H,5-19H2,1-4H3. The number of Topliss-reactive ketones (excluding diaryl/α,β-unsaturated/α-hetero) is 1. The number of carbonyl (C=O) groups is 2. The van der Waals surface area contributed by atoms with Gasteiger partial charge >= 0.3 is 0 Å². The smallest absolute Gasteiger partial charge is 0.239 e. The van der Waals surface area contributed by atoms with Crippen molar-refractivity contribution in [3.05, 3.63) is 11.1 Å². The maximum atomic E-state index is 14.5. The van der Waals surface area contributed by atoms with E-state index >= 15 is 0 Å². The summed E-state index contributed by atoms with van der Waals surface area (Å²) >= 11 is 0. The summed E-state index contributed by atoms with van der Waals surface area (Å²) in [6.07, 6.45) is 2.49. The van der Waals surface area contributed by atoms with Crippen molar-refractivity contribution in [1.29, 1.82) is 0 Å². The van der Waals surface area contributed by atoms with Crippen molar-refractivity contribution in [1.82, 2.24) is 10.2 Å². The summed E-state index contributed by atoms with van der Waals surface area (Å²) < 4.78 is 17.7. The van der Waals surface area contributed by atoms with E-state index in [1.165, 1.54) is 0 Å². The van der Waals surface area contributed by atoms with Crippen LogP contribution in [0.3, 0.4) is 0 Å². The van der Waals surface area contributed by atoms with Gasteiger partial charge in [-0.05, 0) is 111 Å². The summed E-state index contributed by atoms with van der Waals surface area (Å²) in [6.45, 7) is 8.25. The molecule has 6 N–H and O–H groups in total. The lowest BCUT2D eigenvalue weighted by Gasteiger charge is -2.63. The van der Waals surface area contributed by atoms with Crippen molar-refractivity contribution >= 4 is 11.7 Å². The number of carbonyl (C=O) groups excluding carboxylic acids is 2. The lowest BCUT2D eigenvalue weighted by atomic mass is 9.42. The monoisotopic (exact) mass is 716 g/mol. The highest BCUT2D eigenvalue weighted by atomic mass is 16.5. The minimum atomic E-state index is -1.72. The zero-order valence-electron chi connectivity index (χ0n) is 30.8. The molecule has 6 fully saturated rings. The Balaban J connectivity index is 1.06.